The van der Waals surface area contributed by atoms with Crippen LogP contribution in [0.2, 0.25) is 5.02 Å². The first-order valence-corrected chi connectivity index (χ1v) is 2.35. The summed E-state index contributed by atoms with van der Waals surface area (Å²) in [4.78, 5) is 3.35. The van der Waals surface area contributed by atoms with E-state index in [9.17, 15) is 4.39 Å². The van der Waals surface area contributed by atoms with E-state index < -0.39 is 5.82 Å². The van der Waals surface area contributed by atoms with Crippen LogP contribution in [0.4, 0.5) is 4.39 Å². The third kappa shape index (κ3) is 3.24. The second-order valence-corrected chi connectivity index (χ2v) is 1.68. The molecule has 0 spiro atoms. The van der Waals surface area contributed by atoms with Crippen LogP contribution in [-0.2, 0) is 32.7 Å². The first kappa shape index (κ1) is 9.47. The molecule has 1 radical (unpaired) electrons. The van der Waals surface area contributed by atoms with Gasteiger partial charge in [0.25, 0.3) is 0 Å². The number of rotatable bonds is 0. The summed E-state index contributed by atoms with van der Waals surface area (Å²) in [5, 5.41) is 0.293. The maximum Gasteiger partial charge on any atom is 0.0311 e. The summed E-state index contributed by atoms with van der Waals surface area (Å²) in [6.45, 7) is 0. The van der Waals surface area contributed by atoms with Crippen molar-refractivity contribution >= 4 is 11.6 Å². The smallest absolute Gasteiger partial charge is 0.0311 e. The first-order chi connectivity index (χ1) is 3.79. The molecule has 1 aromatic heterocycles. The Labute approximate surface area is 82.5 Å². The summed E-state index contributed by atoms with van der Waals surface area (Å²) in [5.41, 5.74) is 0. The van der Waals surface area contributed by atoms with Crippen LogP contribution in [0.3, 0.4) is 0 Å². The summed E-state index contributed by atoms with van der Waals surface area (Å²) >= 11 is 5.32. The SMILES string of the molecule is Fc1[c-]ncc(Cl)c1.[Y]. The van der Waals surface area contributed by atoms with E-state index in [2.05, 4.69) is 11.2 Å². The van der Waals surface area contributed by atoms with Gasteiger partial charge in [0.2, 0.25) is 0 Å². The molecule has 1 aromatic rings. The molecule has 9 heavy (non-hydrogen) atoms. The molecule has 0 saturated heterocycles. The van der Waals surface area contributed by atoms with Gasteiger partial charge >= 0.3 is 0 Å². The maximum absolute atomic E-state index is 12.0. The van der Waals surface area contributed by atoms with Gasteiger partial charge in [-0.3, -0.25) is 0 Å². The van der Waals surface area contributed by atoms with E-state index in [1.807, 2.05) is 0 Å². The predicted molar refractivity (Wildman–Crippen MR) is 28.0 cm³/mol. The van der Waals surface area contributed by atoms with Gasteiger partial charge in [-0.15, -0.1) is 17.7 Å². The summed E-state index contributed by atoms with van der Waals surface area (Å²) in [6.07, 6.45) is 3.40. The second-order valence-electron chi connectivity index (χ2n) is 1.25. The van der Waals surface area contributed by atoms with Gasteiger partial charge in [0, 0.05) is 38.5 Å². The number of hydrogen-bond acceptors (Lipinski definition) is 1. The molecule has 1 nitrogen and oxygen atoms in total. The van der Waals surface area contributed by atoms with Crippen molar-refractivity contribution in [2.24, 2.45) is 0 Å². The van der Waals surface area contributed by atoms with Crippen LogP contribution in [0, 0.1) is 12.0 Å². The molecular weight excluding hydrogens is 217 g/mol. The fraction of sp³-hybridized carbons (Fsp3) is 0. The van der Waals surface area contributed by atoms with Crippen molar-refractivity contribution < 1.29 is 37.1 Å². The van der Waals surface area contributed by atoms with Gasteiger partial charge in [-0.1, -0.05) is 6.20 Å². The van der Waals surface area contributed by atoms with Crippen molar-refractivity contribution in [2.45, 2.75) is 0 Å². The Hall–Kier alpha value is 0.474. The molecule has 0 bridgehead atoms. The van der Waals surface area contributed by atoms with E-state index in [1.54, 1.807) is 0 Å². The fourth-order valence-corrected chi connectivity index (χ4v) is 0.491. The van der Waals surface area contributed by atoms with E-state index in [4.69, 9.17) is 11.6 Å². The van der Waals surface area contributed by atoms with Crippen LogP contribution in [0.15, 0.2) is 12.3 Å². The summed E-state index contributed by atoms with van der Waals surface area (Å²) in [7, 11) is 0. The van der Waals surface area contributed by atoms with Crippen LogP contribution in [0.25, 0.3) is 0 Å². The average Bonchev–Trinajstić information content (AvgIpc) is 1.64. The van der Waals surface area contributed by atoms with Gasteiger partial charge in [0.15, 0.2) is 0 Å². The minimum atomic E-state index is -0.530. The van der Waals surface area contributed by atoms with Gasteiger partial charge in [0.1, 0.15) is 0 Å². The van der Waals surface area contributed by atoms with E-state index in [0.717, 1.165) is 6.07 Å². The van der Waals surface area contributed by atoms with Crippen molar-refractivity contribution in [3.8, 4) is 0 Å². The zero-order valence-electron chi connectivity index (χ0n) is 4.44. The molecule has 0 N–H and O–H groups in total. The van der Waals surface area contributed by atoms with Gasteiger partial charge in [-0.2, -0.15) is 0 Å². The van der Waals surface area contributed by atoms with Crippen molar-refractivity contribution in [2.75, 3.05) is 0 Å². The normalized spacial score (nSPS) is 8.22. The number of halogens is 2. The summed E-state index contributed by atoms with van der Waals surface area (Å²) in [5.74, 6) is -0.530. The first-order valence-electron chi connectivity index (χ1n) is 1.98. The van der Waals surface area contributed by atoms with E-state index in [1.165, 1.54) is 6.20 Å². The molecule has 0 atom stereocenters. The van der Waals surface area contributed by atoms with E-state index in [-0.39, 0.29) is 32.7 Å². The second kappa shape index (κ2) is 4.31. The molecule has 1 heterocycles. The molecule has 0 fully saturated rings. The Morgan fingerprint density at radius 2 is 2.33 bits per heavy atom. The third-order valence-corrected chi connectivity index (χ3v) is 0.831. The van der Waals surface area contributed by atoms with Gasteiger partial charge in [-0.25, -0.2) is 4.39 Å². The molecule has 0 saturated carbocycles. The zero-order valence-corrected chi connectivity index (χ0v) is 8.03. The topological polar surface area (TPSA) is 12.9 Å². The Morgan fingerprint density at radius 1 is 1.67 bits per heavy atom. The fourth-order valence-electron chi connectivity index (χ4n) is 0.346. The molecule has 0 aliphatic heterocycles. The largest absolute Gasteiger partial charge is 0.390 e. The van der Waals surface area contributed by atoms with Crippen molar-refractivity contribution in [1.29, 1.82) is 0 Å². The number of pyridine rings is 1. The molecule has 0 aliphatic carbocycles. The standard InChI is InChI=1S/C5H2ClFN.Y/c6-4-1-5(7)3-8-2-4;/h1-2H;/q-1;. The van der Waals surface area contributed by atoms with Crippen LogP contribution < -0.4 is 0 Å². The van der Waals surface area contributed by atoms with Gasteiger partial charge in [0.05, 0.1) is 0 Å². The molecule has 0 unspecified atom stereocenters. The van der Waals surface area contributed by atoms with Crippen molar-refractivity contribution in [1.82, 2.24) is 4.98 Å². The Morgan fingerprint density at radius 3 is 2.67 bits per heavy atom. The van der Waals surface area contributed by atoms with Crippen LogP contribution in [0.5, 0.6) is 0 Å². The van der Waals surface area contributed by atoms with Crippen LogP contribution in [0.1, 0.15) is 0 Å². The van der Waals surface area contributed by atoms with Gasteiger partial charge < -0.3 is 4.98 Å². The molecule has 45 valence electrons. The summed E-state index contributed by atoms with van der Waals surface area (Å²) < 4.78 is 12.0. The summed E-state index contributed by atoms with van der Waals surface area (Å²) in [6, 6.07) is 1.15. The van der Waals surface area contributed by atoms with Crippen LogP contribution >= 0.6 is 11.6 Å². The quantitative estimate of drug-likeness (QED) is 0.605. The molecule has 1 rings (SSSR count). The molecule has 4 heteroatoms. The monoisotopic (exact) mass is 219 g/mol. The van der Waals surface area contributed by atoms with E-state index in [0.29, 0.717) is 5.02 Å². The average molecular weight is 219 g/mol. The Balaban J connectivity index is 0.000000640. The van der Waals surface area contributed by atoms with Crippen molar-refractivity contribution in [3.05, 3.63) is 29.3 Å². The minimum Gasteiger partial charge on any atom is -0.390 e. The van der Waals surface area contributed by atoms with Crippen LogP contribution in [-0.4, -0.2) is 4.98 Å². The molecular formula is C5H2ClFNY-. The third-order valence-electron chi connectivity index (χ3n) is 0.624. The minimum absolute atomic E-state index is 0. The molecule has 0 amide bonds. The zero-order chi connectivity index (χ0) is 5.98. The van der Waals surface area contributed by atoms with Crippen molar-refractivity contribution in [3.63, 3.8) is 0 Å². The number of nitrogens with zero attached hydrogens (tertiary/aromatic N) is 1. The van der Waals surface area contributed by atoms with Gasteiger partial charge in [-0.05, 0) is 11.2 Å². The Kier molecular flexibility index (Phi) is 4.54. The number of hydrogen-bond donors (Lipinski definition) is 0. The molecule has 0 aromatic carbocycles. The molecule has 0 aliphatic rings. The number of aromatic nitrogens is 1. The Bertz CT molecular complexity index is 177. The van der Waals surface area contributed by atoms with E-state index >= 15 is 0 Å². The maximum atomic E-state index is 12.0. The predicted octanol–water partition coefficient (Wildman–Crippen LogP) is 1.67.